The van der Waals surface area contributed by atoms with Gasteiger partial charge in [0.1, 0.15) is 0 Å². The molecule has 0 unspecified atom stereocenters. The Labute approximate surface area is 153 Å². The number of hydrogen-bond donors (Lipinski definition) is 0. The number of ether oxygens (including phenoxy) is 1. The molecule has 25 heavy (non-hydrogen) atoms. The molecule has 2 nitrogen and oxygen atoms in total. The molecule has 0 aliphatic carbocycles. The fourth-order valence-electron chi connectivity index (χ4n) is 2.60. The number of carbonyl (C=O) groups excluding carboxylic acids is 1. The van der Waals surface area contributed by atoms with E-state index in [4.69, 9.17) is 0 Å². The average Bonchev–Trinajstić information content (AvgIpc) is 2.65. The number of rotatable bonds is 11. The van der Waals surface area contributed by atoms with E-state index >= 15 is 0 Å². The van der Waals surface area contributed by atoms with Crippen LogP contribution in [0.25, 0.3) is 6.08 Å². The van der Waals surface area contributed by atoms with Gasteiger partial charge in [-0.3, -0.25) is 0 Å². The van der Waals surface area contributed by atoms with E-state index in [1.165, 1.54) is 71.0 Å². The average molecular weight is 341 g/mol. The highest BCUT2D eigenvalue weighted by Crippen LogP contribution is 2.10. The van der Waals surface area contributed by atoms with Gasteiger partial charge in [0.05, 0.1) is 7.11 Å². The van der Waals surface area contributed by atoms with Crippen LogP contribution < -0.4 is 0 Å². The second-order valence-electron chi connectivity index (χ2n) is 6.36. The molecule has 0 heterocycles. The maximum absolute atomic E-state index is 11.0. The lowest BCUT2D eigenvalue weighted by Gasteiger charge is -2.00. The van der Waals surface area contributed by atoms with E-state index in [1.807, 2.05) is 24.3 Å². The van der Waals surface area contributed by atoms with Crippen LogP contribution in [0.4, 0.5) is 0 Å². The van der Waals surface area contributed by atoms with Crippen molar-refractivity contribution in [1.29, 1.82) is 0 Å². The molecule has 0 saturated carbocycles. The van der Waals surface area contributed by atoms with Gasteiger partial charge < -0.3 is 4.74 Å². The van der Waals surface area contributed by atoms with Crippen LogP contribution in [0.3, 0.4) is 0 Å². The second kappa shape index (κ2) is 14.3. The highest BCUT2D eigenvalue weighted by molar-refractivity contribution is 5.86. The van der Waals surface area contributed by atoms with Crippen molar-refractivity contribution >= 4 is 12.0 Å². The van der Waals surface area contributed by atoms with Gasteiger partial charge in [0, 0.05) is 18.1 Å². The lowest BCUT2D eigenvalue weighted by atomic mass is 10.1. The van der Waals surface area contributed by atoms with Crippen LogP contribution >= 0.6 is 0 Å². The van der Waals surface area contributed by atoms with E-state index in [-0.39, 0.29) is 5.97 Å². The fourth-order valence-corrected chi connectivity index (χ4v) is 2.60. The molecule has 0 aliphatic rings. The molecule has 0 aliphatic heterocycles. The van der Waals surface area contributed by atoms with Crippen molar-refractivity contribution in [2.45, 2.75) is 71.1 Å². The SMILES string of the molecule is CCCCCCCCCCCC#Cc1ccc(/C=C/C(=O)OC)cc1. The molecule has 0 spiro atoms. The summed E-state index contributed by atoms with van der Waals surface area (Å²) >= 11 is 0. The van der Waals surface area contributed by atoms with Gasteiger partial charge in [-0.25, -0.2) is 4.79 Å². The molecule has 0 fully saturated rings. The van der Waals surface area contributed by atoms with E-state index in [0.717, 1.165) is 17.5 Å². The minimum Gasteiger partial charge on any atom is -0.466 e. The number of benzene rings is 1. The fraction of sp³-hybridized carbons (Fsp3) is 0.522. The second-order valence-corrected chi connectivity index (χ2v) is 6.36. The Bertz CT molecular complexity index is 558. The van der Waals surface area contributed by atoms with E-state index in [1.54, 1.807) is 6.08 Å². The molecule has 0 amide bonds. The molecule has 1 rings (SSSR count). The summed E-state index contributed by atoms with van der Waals surface area (Å²) in [5, 5.41) is 0. The van der Waals surface area contributed by atoms with Gasteiger partial charge in [-0.15, -0.1) is 0 Å². The van der Waals surface area contributed by atoms with Gasteiger partial charge in [0.15, 0.2) is 0 Å². The van der Waals surface area contributed by atoms with Gasteiger partial charge in [-0.1, -0.05) is 82.3 Å². The van der Waals surface area contributed by atoms with Crippen LogP contribution in [0.5, 0.6) is 0 Å². The van der Waals surface area contributed by atoms with Crippen LogP contribution in [0, 0.1) is 11.8 Å². The quantitative estimate of drug-likeness (QED) is 0.209. The Morgan fingerprint density at radius 3 is 2.16 bits per heavy atom. The molecule has 0 bridgehead atoms. The van der Waals surface area contributed by atoms with Crippen LogP contribution in [0.15, 0.2) is 30.3 Å². The first-order chi connectivity index (χ1) is 12.3. The first-order valence-corrected chi connectivity index (χ1v) is 9.61. The molecule has 0 aromatic heterocycles. The number of unbranched alkanes of at least 4 members (excludes halogenated alkanes) is 9. The van der Waals surface area contributed by atoms with Crippen molar-refractivity contribution in [2.75, 3.05) is 7.11 Å². The van der Waals surface area contributed by atoms with Crippen LogP contribution in [-0.4, -0.2) is 13.1 Å². The molecular formula is C23H32O2. The highest BCUT2D eigenvalue weighted by Gasteiger charge is 1.93. The summed E-state index contributed by atoms with van der Waals surface area (Å²) in [6.45, 7) is 2.26. The van der Waals surface area contributed by atoms with Gasteiger partial charge in [0.2, 0.25) is 0 Å². The third-order valence-corrected chi connectivity index (χ3v) is 4.16. The molecule has 0 radical (unpaired) electrons. The molecule has 0 atom stereocenters. The summed E-state index contributed by atoms with van der Waals surface area (Å²) in [6.07, 6.45) is 16.2. The molecule has 2 heteroatoms. The third kappa shape index (κ3) is 11.2. The topological polar surface area (TPSA) is 26.3 Å². The van der Waals surface area contributed by atoms with Gasteiger partial charge in [0.25, 0.3) is 0 Å². The smallest absolute Gasteiger partial charge is 0.330 e. The number of methoxy groups -OCH3 is 1. The monoisotopic (exact) mass is 340 g/mol. The first kappa shape index (κ1) is 21.0. The number of hydrogen-bond acceptors (Lipinski definition) is 2. The normalized spacial score (nSPS) is 10.5. The number of esters is 1. The van der Waals surface area contributed by atoms with Crippen molar-refractivity contribution in [3.63, 3.8) is 0 Å². The van der Waals surface area contributed by atoms with Gasteiger partial charge in [-0.05, 0) is 30.2 Å². The molecule has 1 aromatic rings. The zero-order valence-electron chi connectivity index (χ0n) is 15.9. The Hall–Kier alpha value is -2.01. The van der Waals surface area contributed by atoms with Crippen molar-refractivity contribution in [3.8, 4) is 11.8 Å². The van der Waals surface area contributed by atoms with Crippen molar-refractivity contribution in [2.24, 2.45) is 0 Å². The molecule has 1 aromatic carbocycles. The molecular weight excluding hydrogens is 308 g/mol. The Morgan fingerprint density at radius 2 is 1.56 bits per heavy atom. The zero-order valence-corrected chi connectivity index (χ0v) is 15.9. The maximum atomic E-state index is 11.0. The summed E-state index contributed by atoms with van der Waals surface area (Å²) in [5.74, 6) is 6.12. The largest absolute Gasteiger partial charge is 0.466 e. The Kier molecular flexibility index (Phi) is 12.1. The minimum atomic E-state index is -0.343. The molecule has 0 saturated heterocycles. The minimum absolute atomic E-state index is 0.343. The van der Waals surface area contributed by atoms with E-state index in [0.29, 0.717) is 0 Å². The van der Waals surface area contributed by atoms with Crippen LogP contribution in [0.1, 0.15) is 82.3 Å². The van der Waals surface area contributed by atoms with E-state index < -0.39 is 0 Å². The molecule has 0 N–H and O–H groups in total. The summed E-state index contributed by atoms with van der Waals surface area (Å²) in [5.41, 5.74) is 1.99. The summed E-state index contributed by atoms with van der Waals surface area (Å²) < 4.78 is 4.57. The van der Waals surface area contributed by atoms with Crippen molar-refractivity contribution in [3.05, 3.63) is 41.5 Å². The lowest BCUT2D eigenvalue weighted by molar-refractivity contribution is -0.134. The standard InChI is InChI=1S/C23H32O2/c1-3-4-5-6-7-8-9-10-11-12-13-14-21-15-17-22(18-16-21)19-20-23(24)25-2/h15-20H,3-12H2,1-2H3/b20-19+. The van der Waals surface area contributed by atoms with Gasteiger partial charge in [-0.2, -0.15) is 0 Å². The zero-order chi connectivity index (χ0) is 18.2. The third-order valence-electron chi connectivity index (χ3n) is 4.16. The van der Waals surface area contributed by atoms with E-state index in [9.17, 15) is 4.79 Å². The maximum Gasteiger partial charge on any atom is 0.330 e. The number of carbonyl (C=O) groups is 1. The predicted molar refractivity (Wildman–Crippen MR) is 106 cm³/mol. The summed E-state index contributed by atoms with van der Waals surface area (Å²) in [6, 6.07) is 7.89. The van der Waals surface area contributed by atoms with Crippen LogP contribution in [-0.2, 0) is 9.53 Å². The van der Waals surface area contributed by atoms with E-state index in [2.05, 4.69) is 23.5 Å². The van der Waals surface area contributed by atoms with Crippen LogP contribution in [0.2, 0.25) is 0 Å². The summed E-state index contributed by atoms with van der Waals surface area (Å²) in [7, 11) is 1.37. The highest BCUT2D eigenvalue weighted by atomic mass is 16.5. The molecule has 136 valence electrons. The van der Waals surface area contributed by atoms with Gasteiger partial charge >= 0.3 is 5.97 Å². The van der Waals surface area contributed by atoms with Crippen molar-refractivity contribution < 1.29 is 9.53 Å². The Balaban J connectivity index is 2.15. The summed E-state index contributed by atoms with van der Waals surface area (Å²) in [4.78, 5) is 11.0. The Morgan fingerprint density at radius 1 is 0.960 bits per heavy atom. The van der Waals surface area contributed by atoms with Crippen molar-refractivity contribution in [1.82, 2.24) is 0 Å². The predicted octanol–water partition coefficient (Wildman–Crippen LogP) is 6.15. The first-order valence-electron chi connectivity index (χ1n) is 9.61. The lowest BCUT2D eigenvalue weighted by Crippen LogP contribution is -1.93.